The van der Waals surface area contributed by atoms with Crippen LogP contribution in [0.5, 0.6) is 0 Å². The molecule has 0 saturated carbocycles. The number of benzene rings is 1. The third kappa shape index (κ3) is 2.28. The van der Waals surface area contributed by atoms with Crippen LogP contribution in [0.2, 0.25) is 0 Å². The molecule has 1 aromatic heterocycles. The van der Waals surface area contributed by atoms with Crippen LogP contribution >= 0.6 is 11.3 Å². The van der Waals surface area contributed by atoms with Crippen LogP contribution in [0.15, 0.2) is 41.1 Å². The van der Waals surface area contributed by atoms with Crippen LogP contribution < -0.4 is 0 Å². The standard InChI is InChI=1S/C13H14OS/c1-2-10-4-3-5-11(8-10)13(14)12-6-7-15-9-12/h3-9,13-14H,2H2,1H3. The zero-order chi connectivity index (χ0) is 10.7. The second kappa shape index (κ2) is 4.60. The van der Waals surface area contributed by atoms with E-state index in [1.54, 1.807) is 11.3 Å². The van der Waals surface area contributed by atoms with Crippen LogP contribution in [0, 0.1) is 0 Å². The predicted molar refractivity (Wildman–Crippen MR) is 64.2 cm³/mol. The van der Waals surface area contributed by atoms with Gasteiger partial charge in [0.15, 0.2) is 0 Å². The molecule has 0 aliphatic rings. The van der Waals surface area contributed by atoms with Crippen LogP contribution in [0.1, 0.15) is 29.7 Å². The summed E-state index contributed by atoms with van der Waals surface area (Å²) in [7, 11) is 0. The number of aliphatic hydroxyl groups excluding tert-OH is 1. The van der Waals surface area contributed by atoms with Crippen molar-refractivity contribution in [2.24, 2.45) is 0 Å². The molecule has 1 aromatic carbocycles. The van der Waals surface area contributed by atoms with Gasteiger partial charge in [-0.1, -0.05) is 31.2 Å². The van der Waals surface area contributed by atoms with Gasteiger partial charge in [0.05, 0.1) is 0 Å². The molecule has 0 bridgehead atoms. The lowest BCUT2D eigenvalue weighted by atomic mass is 10.0. The fourth-order valence-corrected chi connectivity index (χ4v) is 2.29. The van der Waals surface area contributed by atoms with Gasteiger partial charge in [-0.2, -0.15) is 11.3 Å². The Morgan fingerprint density at radius 3 is 2.80 bits per heavy atom. The van der Waals surface area contributed by atoms with E-state index in [0.29, 0.717) is 0 Å². The van der Waals surface area contributed by atoms with Crippen LogP contribution in [-0.4, -0.2) is 5.11 Å². The summed E-state index contributed by atoms with van der Waals surface area (Å²) in [6.07, 6.45) is 0.521. The number of hydrogen-bond donors (Lipinski definition) is 1. The highest BCUT2D eigenvalue weighted by Crippen LogP contribution is 2.24. The van der Waals surface area contributed by atoms with Crippen LogP contribution in [0.25, 0.3) is 0 Å². The maximum atomic E-state index is 10.1. The first-order valence-corrected chi connectivity index (χ1v) is 6.04. The molecular weight excluding hydrogens is 204 g/mol. The molecule has 2 heteroatoms. The van der Waals surface area contributed by atoms with Crippen molar-refractivity contribution in [3.05, 3.63) is 57.8 Å². The van der Waals surface area contributed by atoms with Crippen molar-refractivity contribution in [3.8, 4) is 0 Å². The molecule has 2 aromatic rings. The molecular formula is C13H14OS. The van der Waals surface area contributed by atoms with Crippen LogP contribution in [0.3, 0.4) is 0 Å². The van der Waals surface area contributed by atoms with E-state index in [2.05, 4.69) is 19.1 Å². The first-order chi connectivity index (χ1) is 7.31. The number of rotatable bonds is 3. The number of aliphatic hydroxyl groups is 1. The maximum absolute atomic E-state index is 10.1. The van der Waals surface area contributed by atoms with Crippen molar-refractivity contribution in [1.82, 2.24) is 0 Å². The second-order valence-electron chi connectivity index (χ2n) is 3.56. The van der Waals surface area contributed by atoms with Crippen molar-refractivity contribution in [2.75, 3.05) is 0 Å². The monoisotopic (exact) mass is 218 g/mol. The molecule has 0 spiro atoms. The minimum absolute atomic E-state index is 0.484. The van der Waals surface area contributed by atoms with Gasteiger partial charge in [-0.05, 0) is 39.9 Å². The van der Waals surface area contributed by atoms with Gasteiger partial charge in [0.25, 0.3) is 0 Å². The Morgan fingerprint density at radius 2 is 2.13 bits per heavy atom. The van der Waals surface area contributed by atoms with Crippen molar-refractivity contribution >= 4 is 11.3 Å². The number of thiophene rings is 1. The van der Waals surface area contributed by atoms with E-state index in [0.717, 1.165) is 17.5 Å². The van der Waals surface area contributed by atoms with Gasteiger partial charge in [0.2, 0.25) is 0 Å². The van der Waals surface area contributed by atoms with E-state index in [9.17, 15) is 5.11 Å². The molecule has 0 radical (unpaired) electrons. The summed E-state index contributed by atoms with van der Waals surface area (Å²) >= 11 is 1.61. The lowest BCUT2D eigenvalue weighted by Gasteiger charge is -2.10. The highest BCUT2D eigenvalue weighted by atomic mass is 32.1. The molecule has 15 heavy (non-hydrogen) atoms. The van der Waals surface area contributed by atoms with Gasteiger partial charge in [0.1, 0.15) is 6.10 Å². The lowest BCUT2D eigenvalue weighted by Crippen LogP contribution is -1.98. The van der Waals surface area contributed by atoms with Gasteiger partial charge in [-0.25, -0.2) is 0 Å². The van der Waals surface area contributed by atoms with Crippen LogP contribution in [0.4, 0.5) is 0 Å². The molecule has 0 aliphatic carbocycles. The zero-order valence-corrected chi connectivity index (χ0v) is 9.50. The molecule has 78 valence electrons. The zero-order valence-electron chi connectivity index (χ0n) is 8.68. The molecule has 0 saturated heterocycles. The minimum Gasteiger partial charge on any atom is -0.384 e. The second-order valence-corrected chi connectivity index (χ2v) is 4.34. The smallest absolute Gasteiger partial charge is 0.105 e. The third-order valence-corrected chi connectivity index (χ3v) is 3.24. The Labute approximate surface area is 94.0 Å². The van der Waals surface area contributed by atoms with Crippen molar-refractivity contribution in [3.63, 3.8) is 0 Å². The molecule has 2 rings (SSSR count). The fourth-order valence-electron chi connectivity index (χ4n) is 1.61. The van der Waals surface area contributed by atoms with E-state index in [-0.39, 0.29) is 0 Å². The van der Waals surface area contributed by atoms with Crippen molar-refractivity contribution in [2.45, 2.75) is 19.4 Å². The molecule has 1 unspecified atom stereocenters. The van der Waals surface area contributed by atoms with E-state index in [1.165, 1.54) is 5.56 Å². The topological polar surface area (TPSA) is 20.2 Å². The molecule has 0 aliphatic heterocycles. The van der Waals surface area contributed by atoms with Crippen molar-refractivity contribution < 1.29 is 5.11 Å². The first-order valence-electron chi connectivity index (χ1n) is 5.10. The molecule has 1 heterocycles. The summed E-state index contributed by atoms with van der Waals surface area (Å²) in [5.74, 6) is 0. The van der Waals surface area contributed by atoms with E-state index < -0.39 is 6.10 Å². The highest BCUT2D eigenvalue weighted by Gasteiger charge is 2.10. The van der Waals surface area contributed by atoms with Gasteiger partial charge < -0.3 is 5.11 Å². The summed E-state index contributed by atoms with van der Waals surface area (Å²) in [6, 6.07) is 10.1. The Kier molecular flexibility index (Phi) is 3.19. The summed E-state index contributed by atoms with van der Waals surface area (Å²) in [5, 5.41) is 14.1. The Hall–Kier alpha value is -1.12. The van der Waals surface area contributed by atoms with Gasteiger partial charge in [-0.15, -0.1) is 0 Å². The Morgan fingerprint density at radius 1 is 1.27 bits per heavy atom. The summed E-state index contributed by atoms with van der Waals surface area (Å²) in [4.78, 5) is 0. The van der Waals surface area contributed by atoms with Crippen molar-refractivity contribution in [1.29, 1.82) is 0 Å². The first kappa shape index (κ1) is 10.4. The largest absolute Gasteiger partial charge is 0.384 e. The average molecular weight is 218 g/mol. The maximum Gasteiger partial charge on any atom is 0.105 e. The minimum atomic E-state index is -0.484. The fraction of sp³-hybridized carbons (Fsp3) is 0.231. The quantitative estimate of drug-likeness (QED) is 0.837. The molecule has 1 nitrogen and oxygen atoms in total. The normalized spacial score (nSPS) is 12.7. The number of aryl methyl sites for hydroxylation is 1. The molecule has 1 atom stereocenters. The van der Waals surface area contributed by atoms with E-state index in [4.69, 9.17) is 0 Å². The Balaban J connectivity index is 2.29. The number of hydrogen-bond acceptors (Lipinski definition) is 2. The van der Waals surface area contributed by atoms with Gasteiger partial charge in [-0.3, -0.25) is 0 Å². The van der Waals surface area contributed by atoms with Crippen LogP contribution in [-0.2, 0) is 6.42 Å². The van der Waals surface area contributed by atoms with E-state index >= 15 is 0 Å². The van der Waals surface area contributed by atoms with Gasteiger partial charge in [0, 0.05) is 0 Å². The SMILES string of the molecule is CCc1cccc(C(O)c2ccsc2)c1. The molecule has 0 amide bonds. The van der Waals surface area contributed by atoms with E-state index in [1.807, 2.05) is 29.0 Å². The molecule has 0 fully saturated rings. The van der Waals surface area contributed by atoms with Gasteiger partial charge >= 0.3 is 0 Å². The lowest BCUT2D eigenvalue weighted by molar-refractivity contribution is 0.221. The Bertz CT molecular complexity index is 420. The summed E-state index contributed by atoms with van der Waals surface area (Å²) in [5.41, 5.74) is 3.22. The summed E-state index contributed by atoms with van der Waals surface area (Å²) < 4.78 is 0. The highest BCUT2D eigenvalue weighted by molar-refractivity contribution is 7.07. The predicted octanol–water partition coefficient (Wildman–Crippen LogP) is 3.39. The molecule has 1 N–H and O–H groups in total. The average Bonchev–Trinajstić information content (AvgIpc) is 2.81. The third-order valence-electron chi connectivity index (χ3n) is 2.53. The summed E-state index contributed by atoms with van der Waals surface area (Å²) in [6.45, 7) is 2.12.